The van der Waals surface area contributed by atoms with E-state index < -0.39 is 0 Å². The fourth-order valence-corrected chi connectivity index (χ4v) is 2.12. The number of rotatable bonds is 3. The van der Waals surface area contributed by atoms with Gasteiger partial charge in [0.05, 0.1) is 6.54 Å². The van der Waals surface area contributed by atoms with E-state index >= 15 is 0 Å². The Balaban J connectivity index is 2.02. The first-order valence-electron chi connectivity index (χ1n) is 4.48. The molecule has 1 heterocycles. The minimum Gasteiger partial charge on any atom is -0.454 e. The predicted octanol–water partition coefficient (Wildman–Crippen LogP) is 4.26. The van der Waals surface area contributed by atoms with Gasteiger partial charge in [0.25, 0.3) is 0 Å². The Hall–Kier alpha value is -0.490. The Labute approximate surface area is 110 Å². The van der Waals surface area contributed by atoms with Crippen LogP contribution in [0.2, 0.25) is 0 Å². The summed E-state index contributed by atoms with van der Waals surface area (Å²) in [6.45, 7) is 0.700. The predicted molar refractivity (Wildman–Crippen MR) is 72.9 cm³/mol. The molecule has 0 aliphatic carbocycles. The minimum atomic E-state index is 0.700. The third-order valence-corrected chi connectivity index (χ3v) is 3.23. The van der Waals surface area contributed by atoms with Gasteiger partial charge in [0.2, 0.25) is 0 Å². The van der Waals surface area contributed by atoms with Crippen molar-refractivity contribution in [3.8, 4) is 0 Å². The first-order valence-corrected chi connectivity index (χ1v) is 6.35. The molecule has 1 aromatic carbocycles. The molecule has 15 heavy (non-hydrogen) atoms. The van der Waals surface area contributed by atoms with Crippen LogP contribution in [0.25, 0.3) is 0 Å². The first kappa shape index (κ1) is 11.0. The number of halogens is 2. The zero-order valence-corrected chi connectivity index (χ0v) is 11.6. The summed E-state index contributed by atoms with van der Waals surface area (Å²) in [6, 6.07) is 12.0. The molecule has 4 heteroatoms. The zero-order valence-electron chi connectivity index (χ0n) is 7.84. The Kier molecular flexibility index (Phi) is 3.69. The monoisotopic (exact) mass is 377 g/mol. The van der Waals surface area contributed by atoms with Crippen molar-refractivity contribution >= 4 is 44.2 Å². The molecule has 78 valence electrons. The Morgan fingerprint density at radius 3 is 2.67 bits per heavy atom. The molecule has 0 saturated carbocycles. The highest BCUT2D eigenvalue weighted by Gasteiger charge is 2.01. The van der Waals surface area contributed by atoms with Gasteiger partial charge in [-0.1, -0.05) is 12.1 Å². The van der Waals surface area contributed by atoms with Crippen LogP contribution in [-0.4, -0.2) is 0 Å². The van der Waals surface area contributed by atoms with Gasteiger partial charge in [-0.05, 0) is 62.8 Å². The van der Waals surface area contributed by atoms with Crippen LogP contribution in [0.15, 0.2) is 45.3 Å². The highest BCUT2D eigenvalue weighted by molar-refractivity contribution is 14.1. The number of anilines is 1. The molecule has 0 radical (unpaired) electrons. The number of benzene rings is 1. The molecular formula is C11H9BrINO. The van der Waals surface area contributed by atoms with Crippen molar-refractivity contribution in [1.82, 2.24) is 0 Å². The molecular weight excluding hydrogens is 369 g/mol. The van der Waals surface area contributed by atoms with E-state index in [4.69, 9.17) is 4.42 Å². The third kappa shape index (κ3) is 2.98. The summed E-state index contributed by atoms with van der Waals surface area (Å²) in [5.41, 5.74) is 1.07. The van der Waals surface area contributed by atoms with Crippen LogP contribution in [0.3, 0.4) is 0 Å². The molecule has 2 nitrogen and oxygen atoms in total. The van der Waals surface area contributed by atoms with Crippen molar-refractivity contribution in [3.63, 3.8) is 0 Å². The maximum atomic E-state index is 5.45. The minimum absolute atomic E-state index is 0.700. The molecule has 0 amide bonds. The van der Waals surface area contributed by atoms with E-state index in [0.717, 1.165) is 19.7 Å². The lowest BCUT2D eigenvalue weighted by atomic mass is 10.3. The fourth-order valence-electron chi connectivity index (χ4n) is 1.23. The second kappa shape index (κ2) is 5.03. The normalized spacial score (nSPS) is 10.3. The lowest BCUT2D eigenvalue weighted by Gasteiger charge is -2.05. The Bertz CT molecular complexity index is 455. The number of furan rings is 1. The summed E-state index contributed by atoms with van der Waals surface area (Å²) in [4.78, 5) is 0. The van der Waals surface area contributed by atoms with Gasteiger partial charge in [0.1, 0.15) is 5.76 Å². The van der Waals surface area contributed by atoms with E-state index in [-0.39, 0.29) is 0 Å². The average Bonchev–Trinajstić information content (AvgIpc) is 2.63. The quantitative estimate of drug-likeness (QED) is 0.808. The van der Waals surface area contributed by atoms with Gasteiger partial charge in [0, 0.05) is 10.2 Å². The molecule has 0 atom stereocenters. The molecule has 1 N–H and O–H groups in total. The van der Waals surface area contributed by atoms with E-state index in [0.29, 0.717) is 6.54 Å². The lowest BCUT2D eigenvalue weighted by molar-refractivity contribution is 0.493. The molecule has 0 fully saturated rings. The highest BCUT2D eigenvalue weighted by Crippen LogP contribution is 2.22. The summed E-state index contributed by atoms with van der Waals surface area (Å²) < 4.78 is 7.43. The number of hydrogen-bond acceptors (Lipinski definition) is 2. The van der Waals surface area contributed by atoms with Crippen LogP contribution in [-0.2, 0) is 6.54 Å². The molecule has 2 rings (SSSR count). The largest absolute Gasteiger partial charge is 0.454 e. The van der Waals surface area contributed by atoms with E-state index in [9.17, 15) is 0 Å². The second-order valence-corrected chi connectivity index (χ2v) is 4.96. The van der Waals surface area contributed by atoms with Gasteiger partial charge in [-0.25, -0.2) is 0 Å². The van der Waals surface area contributed by atoms with Gasteiger partial charge in [-0.2, -0.15) is 0 Å². The maximum Gasteiger partial charge on any atom is 0.164 e. The van der Waals surface area contributed by atoms with Gasteiger partial charge in [-0.15, -0.1) is 0 Å². The Morgan fingerprint density at radius 2 is 2.00 bits per heavy atom. The Morgan fingerprint density at radius 1 is 1.20 bits per heavy atom. The van der Waals surface area contributed by atoms with Crippen LogP contribution >= 0.6 is 38.5 Å². The topological polar surface area (TPSA) is 25.2 Å². The highest BCUT2D eigenvalue weighted by atomic mass is 127. The second-order valence-electron chi connectivity index (χ2n) is 3.04. The summed E-state index contributed by atoms with van der Waals surface area (Å²) in [5, 5.41) is 3.30. The zero-order chi connectivity index (χ0) is 10.7. The van der Waals surface area contributed by atoms with Crippen molar-refractivity contribution in [2.75, 3.05) is 5.32 Å². The van der Waals surface area contributed by atoms with E-state index in [1.807, 2.05) is 36.4 Å². The molecule has 0 saturated heterocycles. The lowest BCUT2D eigenvalue weighted by Crippen LogP contribution is -1.98. The molecule has 1 aromatic heterocycles. The molecule has 2 aromatic rings. The summed E-state index contributed by atoms with van der Waals surface area (Å²) >= 11 is 5.64. The number of nitrogens with one attached hydrogen (secondary N) is 1. The van der Waals surface area contributed by atoms with Crippen LogP contribution in [0.5, 0.6) is 0 Å². The fraction of sp³-hybridized carbons (Fsp3) is 0.0909. The molecule has 0 aliphatic heterocycles. The maximum absolute atomic E-state index is 5.45. The molecule has 0 aliphatic rings. The van der Waals surface area contributed by atoms with E-state index in [2.05, 4.69) is 43.8 Å². The van der Waals surface area contributed by atoms with Crippen molar-refractivity contribution in [1.29, 1.82) is 0 Å². The van der Waals surface area contributed by atoms with Crippen molar-refractivity contribution in [2.24, 2.45) is 0 Å². The third-order valence-electron chi connectivity index (χ3n) is 1.96. The standard InChI is InChI=1S/C11H9BrINO/c12-9-3-1-2-4-10(9)14-7-8-5-6-11(13)15-8/h1-6,14H,7H2. The van der Waals surface area contributed by atoms with Gasteiger partial charge in [-0.3, -0.25) is 0 Å². The molecule has 0 bridgehead atoms. The number of hydrogen-bond donors (Lipinski definition) is 1. The van der Waals surface area contributed by atoms with Gasteiger partial charge in [0.15, 0.2) is 3.77 Å². The van der Waals surface area contributed by atoms with Crippen LogP contribution < -0.4 is 5.32 Å². The summed E-state index contributed by atoms with van der Waals surface area (Å²) in [7, 11) is 0. The SMILES string of the molecule is Brc1ccccc1NCc1ccc(I)o1. The smallest absolute Gasteiger partial charge is 0.164 e. The summed E-state index contributed by atoms with van der Waals surface area (Å²) in [6.07, 6.45) is 0. The van der Waals surface area contributed by atoms with Crippen LogP contribution in [0, 0.1) is 3.77 Å². The van der Waals surface area contributed by atoms with Gasteiger partial charge < -0.3 is 9.73 Å². The summed E-state index contributed by atoms with van der Waals surface area (Å²) in [5.74, 6) is 0.940. The van der Waals surface area contributed by atoms with Crippen LogP contribution in [0.1, 0.15) is 5.76 Å². The first-order chi connectivity index (χ1) is 7.25. The van der Waals surface area contributed by atoms with Gasteiger partial charge >= 0.3 is 0 Å². The van der Waals surface area contributed by atoms with Crippen molar-refractivity contribution in [2.45, 2.75) is 6.54 Å². The molecule has 0 spiro atoms. The van der Waals surface area contributed by atoms with Crippen molar-refractivity contribution in [3.05, 3.63) is 50.4 Å². The number of para-hydroxylation sites is 1. The van der Waals surface area contributed by atoms with Crippen molar-refractivity contribution < 1.29 is 4.42 Å². The van der Waals surface area contributed by atoms with Crippen LogP contribution in [0.4, 0.5) is 5.69 Å². The average molecular weight is 378 g/mol. The molecule has 0 unspecified atom stereocenters. The van der Waals surface area contributed by atoms with E-state index in [1.54, 1.807) is 0 Å². The van der Waals surface area contributed by atoms with E-state index in [1.165, 1.54) is 0 Å².